The number of ether oxygens (including phenoxy) is 1. The molecule has 2 unspecified atom stereocenters. The average Bonchev–Trinajstić information content (AvgIpc) is 2.79. The fourth-order valence-corrected chi connectivity index (χ4v) is 6.40. The first kappa shape index (κ1) is 16.2. The largest absolute Gasteiger partial charge is 0.480 e. The minimum absolute atomic E-state index is 0.0846. The second-order valence-electron chi connectivity index (χ2n) is 4.76. The maximum absolute atomic E-state index is 11.6. The summed E-state index contributed by atoms with van der Waals surface area (Å²) < 4.78 is 27.9. The van der Waals surface area contributed by atoms with Gasteiger partial charge in [0.1, 0.15) is 13.2 Å². The van der Waals surface area contributed by atoms with Crippen LogP contribution in [-0.4, -0.2) is 78.0 Å². The third kappa shape index (κ3) is 3.95. The van der Waals surface area contributed by atoms with E-state index in [0.29, 0.717) is 11.7 Å². The van der Waals surface area contributed by atoms with Gasteiger partial charge in [-0.1, -0.05) is 11.8 Å². The molecule has 10 heteroatoms. The molecule has 0 saturated carbocycles. The molecule has 1 N–H and O–H groups in total. The van der Waals surface area contributed by atoms with Gasteiger partial charge >= 0.3 is 5.97 Å². The minimum Gasteiger partial charge on any atom is -0.480 e. The number of hydrogen-bond donors (Lipinski definition) is 1. The van der Waals surface area contributed by atoms with Crippen LogP contribution in [0, 0.1) is 0 Å². The Hall–Kier alpha value is -1.13. The van der Waals surface area contributed by atoms with E-state index >= 15 is 0 Å². The molecule has 2 heterocycles. The summed E-state index contributed by atoms with van der Waals surface area (Å²) >= 11 is 1.29. The van der Waals surface area contributed by atoms with Crippen LogP contribution in [0.25, 0.3) is 0 Å². The highest BCUT2D eigenvalue weighted by molar-refractivity contribution is 8.15. The zero-order valence-corrected chi connectivity index (χ0v) is 13.0. The van der Waals surface area contributed by atoms with E-state index < -0.39 is 34.9 Å². The highest BCUT2D eigenvalue weighted by atomic mass is 32.2. The predicted molar refractivity (Wildman–Crippen MR) is 77.1 cm³/mol. The predicted octanol–water partition coefficient (Wildman–Crippen LogP) is -0.795. The fourth-order valence-electron chi connectivity index (χ4n) is 2.37. The topological polar surface area (TPSA) is 113 Å². The molecule has 0 aromatic carbocycles. The van der Waals surface area contributed by atoms with Gasteiger partial charge in [0.25, 0.3) is 5.91 Å². The Morgan fingerprint density at radius 1 is 1.43 bits per heavy atom. The first-order chi connectivity index (χ1) is 9.82. The number of amides is 1. The van der Waals surface area contributed by atoms with Gasteiger partial charge in [0.15, 0.2) is 15.0 Å². The molecule has 0 spiro atoms. The third-order valence-electron chi connectivity index (χ3n) is 3.19. The van der Waals surface area contributed by atoms with Crippen molar-refractivity contribution in [3.8, 4) is 0 Å². The Kier molecular flexibility index (Phi) is 4.89. The van der Waals surface area contributed by atoms with Crippen molar-refractivity contribution in [1.29, 1.82) is 0 Å². The number of amidine groups is 1. The van der Waals surface area contributed by atoms with E-state index in [0.717, 1.165) is 0 Å². The van der Waals surface area contributed by atoms with Crippen LogP contribution < -0.4 is 0 Å². The molecule has 0 aromatic rings. The number of carboxylic acid groups (broad SMARTS) is 1. The second kappa shape index (κ2) is 6.32. The molecule has 1 amide bonds. The van der Waals surface area contributed by atoms with Crippen molar-refractivity contribution in [2.24, 2.45) is 4.99 Å². The fraction of sp³-hybridized carbons (Fsp3) is 0.727. The van der Waals surface area contributed by atoms with Crippen LogP contribution in [0.1, 0.15) is 6.92 Å². The van der Waals surface area contributed by atoms with Crippen molar-refractivity contribution in [2.45, 2.75) is 18.2 Å². The van der Waals surface area contributed by atoms with Crippen molar-refractivity contribution < 1.29 is 27.9 Å². The van der Waals surface area contributed by atoms with Crippen molar-refractivity contribution in [3.05, 3.63) is 0 Å². The summed E-state index contributed by atoms with van der Waals surface area (Å²) in [4.78, 5) is 27.6. The number of carbonyl (C=O) groups is 2. The molecule has 2 aliphatic rings. The molecule has 21 heavy (non-hydrogen) atoms. The lowest BCUT2D eigenvalue weighted by Gasteiger charge is -2.22. The first-order valence-electron chi connectivity index (χ1n) is 6.37. The van der Waals surface area contributed by atoms with Gasteiger partial charge < -0.3 is 14.7 Å². The molecule has 0 radical (unpaired) electrons. The molecule has 2 rings (SSSR count). The maximum Gasteiger partial charge on any atom is 0.329 e. The Morgan fingerprint density at radius 3 is 2.76 bits per heavy atom. The van der Waals surface area contributed by atoms with Crippen molar-refractivity contribution >= 4 is 38.6 Å². The van der Waals surface area contributed by atoms with Crippen LogP contribution in [0.5, 0.6) is 0 Å². The SMILES string of the molecule is CCN1C(=NC(=O)COCC(=O)O)SC2CS(=O)(=O)CC21. The molecule has 2 aliphatic heterocycles. The summed E-state index contributed by atoms with van der Waals surface area (Å²) in [6, 6.07) is -0.142. The Balaban J connectivity index is 1.99. The van der Waals surface area contributed by atoms with Crippen LogP contribution in [0.2, 0.25) is 0 Å². The van der Waals surface area contributed by atoms with E-state index in [2.05, 4.69) is 9.73 Å². The minimum atomic E-state index is -3.02. The molecule has 2 fully saturated rings. The average molecular weight is 336 g/mol. The molecule has 2 saturated heterocycles. The Bertz CT molecular complexity index is 573. The van der Waals surface area contributed by atoms with E-state index in [9.17, 15) is 18.0 Å². The highest BCUT2D eigenvalue weighted by Crippen LogP contribution is 2.37. The smallest absolute Gasteiger partial charge is 0.329 e. The van der Waals surface area contributed by atoms with Crippen molar-refractivity contribution in [2.75, 3.05) is 31.3 Å². The van der Waals surface area contributed by atoms with Gasteiger partial charge in [-0.05, 0) is 6.92 Å². The molecule has 0 aliphatic carbocycles. The zero-order chi connectivity index (χ0) is 15.6. The number of carboxylic acids is 1. The number of thioether (sulfide) groups is 1. The third-order valence-corrected chi connectivity index (χ3v) is 6.43. The number of aliphatic imine (C=N–C) groups is 1. The van der Waals surface area contributed by atoms with E-state index in [1.807, 2.05) is 11.8 Å². The van der Waals surface area contributed by atoms with E-state index in [1.165, 1.54) is 11.8 Å². The summed E-state index contributed by atoms with van der Waals surface area (Å²) in [6.45, 7) is 1.48. The standard InChI is InChI=1S/C11H16N2O6S2/c1-2-13-7-5-21(17,18)6-8(7)20-11(13)12-9(14)3-19-4-10(15)16/h7-8H,2-6H2,1H3,(H,15,16). The normalized spacial score (nSPS) is 28.8. The zero-order valence-electron chi connectivity index (χ0n) is 11.4. The number of rotatable bonds is 5. The van der Waals surface area contributed by atoms with Gasteiger partial charge in [-0.15, -0.1) is 0 Å². The Labute approximate surface area is 126 Å². The summed E-state index contributed by atoms with van der Waals surface area (Å²) in [5.41, 5.74) is 0. The van der Waals surface area contributed by atoms with Gasteiger partial charge in [0.2, 0.25) is 0 Å². The summed E-state index contributed by atoms with van der Waals surface area (Å²) in [5.74, 6) is -1.54. The monoisotopic (exact) mass is 336 g/mol. The summed E-state index contributed by atoms with van der Waals surface area (Å²) in [6.07, 6.45) is 0. The molecule has 118 valence electrons. The summed E-state index contributed by atoms with van der Waals surface area (Å²) in [7, 11) is -3.02. The number of nitrogens with zero attached hydrogens (tertiary/aromatic N) is 2. The van der Waals surface area contributed by atoms with Crippen LogP contribution in [0.4, 0.5) is 0 Å². The quantitative estimate of drug-likeness (QED) is 0.694. The number of sulfone groups is 1. The van der Waals surface area contributed by atoms with Gasteiger partial charge in [-0.2, -0.15) is 4.99 Å². The van der Waals surface area contributed by atoms with Crippen LogP contribution in [0.15, 0.2) is 4.99 Å². The lowest BCUT2D eigenvalue weighted by atomic mass is 10.2. The van der Waals surface area contributed by atoms with E-state index in [-0.39, 0.29) is 22.8 Å². The molecule has 2 atom stereocenters. The Morgan fingerprint density at radius 2 is 2.14 bits per heavy atom. The van der Waals surface area contributed by atoms with Crippen LogP contribution >= 0.6 is 11.8 Å². The number of fused-ring (bicyclic) bond motifs is 1. The molecule has 8 nitrogen and oxygen atoms in total. The number of carbonyl (C=O) groups excluding carboxylic acids is 1. The first-order valence-corrected chi connectivity index (χ1v) is 9.07. The van der Waals surface area contributed by atoms with Crippen LogP contribution in [0.3, 0.4) is 0 Å². The molecular weight excluding hydrogens is 320 g/mol. The number of aliphatic carboxylic acids is 1. The van der Waals surface area contributed by atoms with Gasteiger partial charge in [0, 0.05) is 11.8 Å². The van der Waals surface area contributed by atoms with Gasteiger partial charge in [0.05, 0.1) is 17.5 Å². The summed E-state index contributed by atoms with van der Waals surface area (Å²) in [5, 5.41) is 8.80. The molecule has 0 bridgehead atoms. The van der Waals surface area contributed by atoms with E-state index in [4.69, 9.17) is 5.11 Å². The second-order valence-corrected chi connectivity index (χ2v) is 8.12. The maximum atomic E-state index is 11.6. The molecular formula is C11H16N2O6S2. The lowest BCUT2D eigenvalue weighted by molar-refractivity contribution is -0.143. The highest BCUT2D eigenvalue weighted by Gasteiger charge is 2.48. The number of hydrogen-bond acceptors (Lipinski definition) is 6. The molecule has 0 aromatic heterocycles. The van der Waals surface area contributed by atoms with Crippen LogP contribution in [-0.2, 0) is 24.2 Å². The van der Waals surface area contributed by atoms with Gasteiger partial charge in [-0.25, -0.2) is 13.2 Å². The van der Waals surface area contributed by atoms with Crippen molar-refractivity contribution in [3.63, 3.8) is 0 Å². The van der Waals surface area contributed by atoms with E-state index in [1.54, 1.807) is 0 Å². The lowest BCUT2D eigenvalue weighted by Crippen LogP contribution is -2.37. The van der Waals surface area contributed by atoms with Crippen molar-refractivity contribution in [1.82, 2.24) is 4.90 Å². The van der Waals surface area contributed by atoms with Gasteiger partial charge in [-0.3, -0.25) is 4.79 Å².